The number of benzene rings is 1. The standard InChI is InChI=1S/C16H23F2N3S/c1-11-5-3-4-8-21(11)12(2)10-19-16(22)20-15-7-6-13(17)9-14(15)18/h6-7,9,11-12H,3-5,8,10H2,1-2H3,(H2,19,20,22)/t11-,12+/m0/s1. The molecule has 2 atom stereocenters. The molecule has 1 aromatic carbocycles. The molecule has 2 rings (SSSR count). The molecule has 2 N–H and O–H groups in total. The van der Waals surface area contributed by atoms with Gasteiger partial charge in [0, 0.05) is 24.7 Å². The van der Waals surface area contributed by atoms with Crippen LogP contribution < -0.4 is 10.6 Å². The van der Waals surface area contributed by atoms with Gasteiger partial charge in [-0.25, -0.2) is 8.78 Å². The molecule has 1 aromatic rings. The molecule has 1 heterocycles. The predicted octanol–water partition coefficient (Wildman–Crippen LogP) is 3.51. The summed E-state index contributed by atoms with van der Waals surface area (Å²) in [4.78, 5) is 2.47. The van der Waals surface area contributed by atoms with Crippen molar-refractivity contribution in [1.29, 1.82) is 0 Å². The second-order valence-corrected chi connectivity index (χ2v) is 6.30. The van der Waals surface area contributed by atoms with Crippen molar-refractivity contribution < 1.29 is 8.78 Å². The zero-order chi connectivity index (χ0) is 16.1. The lowest BCUT2D eigenvalue weighted by Gasteiger charge is -2.38. The molecule has 0 aromatic heterocycles. The lowest BCUT2D eigenvalue weighted by Crippen LogP contribution is -2.49. The van der Waals surface area contributed by atoms with Crippen LogP contribution >= 0.6 is 12.2 Å². The lowest BCUT2D eigenvalue weighted by atomic mass is 10.0. The van der Waals surface area contributed by atoms with Gasteiger partial charge in [0.2, 0.25) is 0 Å². The van der Waals surface area contributed by atoms with Crippen molar-refractivity contribution >= 4 is 23.0 Å². The number of nitrogens with one attached hydrogen (secondary N) is 2. The average molecular weight is 327 g/mol. The van der Waals surface area contributed by atoms with Crippen LogP contribution in [0.4, 0.5) is 14.5 Å². The highest BCUT2D eigenvalue weighted by atomic mass is 32.1. The van der Waals surface area contributed by atoms with E-state index in [1.54, 1.807) is 0 Å². The Morgan fingerprint density at radius 1 is 1.41 bits per heavy atom. The Labute approximate surface area is 136 Å². The Morgan fingerprint density at radius 3 is 2.86 bits per heavy atom. The first-order chi connectivity index (χ1) is 10.5. The Kier molecular flexibility index (Phi) is 6.08. The molecule has 1 saturated heterocycles. The van der Waals surface area contributed by atoms with Crippen molar-refractivity contribution in [3.05, 3.63) is 29.8 Å². The van der Waals surface area contributed by atoms with E-state index in [0.717, 1.165) is 12.6 Å². The minimum Gasteiger partial charge on any atom is -0.361 e. The molecule has 0 aliphatic carbocycles. The Morgan fingerprint density at radius 2 is 2.18 bits per heavy atom. The predicted molar refractivity (Wildman–Crippen MR) is 90.1 cm³/mol. The summed E-state index contributed by atoms with van der Waals surface area (Å²) in [5.74, 6) is -1.25. The molecule has 6 heteroatoms. The third-order valence-corrected chi connectivity index (χ3v) is 4.40. The van der Waals surface area contributed by atoms with Gasteiger partial charge in [-0.15, -0.1) is 0 Å². The van der Waals surface area contributed by atoms with Crippen molar-refractivity contribution in [2.24, 2.45) is 0 Å². The number of rotatable bonds is 4. The van der Waals surface area contributed by atoms with Crippen LogP contribution in [0.15, 0.2) is 18.2 Å². The smallest absolute Gasteiger partial charge is 0.170 e. The number of nitrogens with zero attached hydrogens (tertiary/aromatic N) is 1. The fourth-order valence-electron chi connectivity index (χ4n) is 2.89. The summed E-state index contributed by atoms with van der Waals surface area (Å²) in [7, 11) is 0. The molecule has 0 radical (unpaired) electrons. The van der Waals surface area contributed by atoms with E-state index in [-0.39, 0.29) is 5.69 Å². The maximum atomic E-state index is 13.6. The second-order valence-electron chi connectivity index (χ2n) is 5.89. The third-order valence-electron chi connectivity index (χ3n) is 4.16. The summed E-state index contributed by atoms with van der Waals surface area (Å²) >= 11 is 5.18. The summed E-state index contributed by atoms with van der Waals surface area (Å²) in [6.45, 7) is 6.21. The van der Waals surface area contributed by atoms with Gasteiger partial charge >= 0.3 is 0 Å². The van der Waals surface area contributed by atoms with E-state index < -0.39 is 11.6 Å². The molecule has 1 aliphatic rings. The molecule has 1 aliphatic heterocycles. The molecular weight excluding hydrogens is 304 g/mol. The third kappa shape index (κ3) is 4.61. The van der Waals surface area contributed by atoms with E-state index in [0.29, 0.717) is 23.7 Å². The van der Waals surface area contributed by atoms with Gasteiger partial charge in [0.05, 0.1) is 5.69 Å². The minimum absolute atomic E-state index is 0.179. The largest absolute Gasteiger partial charge is 0.361 e. The maximum absolute atomic E-state index is 13.6. The molecule has 22 heavy (non-hydrogen) atoms. The first kappa shape index (κ1) is 17.1. The van der Waals surface area contributed by atoms with Gasteiger partial charge in [-0.1, -0.05) is 6.42 Å². The quantitative estimate of drug-likeness (QED) is 0.828. The number of likely N-dealkylation sites (tertiary alicyclic amines) is 1. The molecular formula is C16H23F2N3S. The lowest BCUT2D eigenvalue weighted by molar-refractivity contribution is 0.116. The zero-order valence-corrected chi connectivity index (χ0v) is 13.9. The first-order valence-corrected chi connectivity index (χ1v) is 8.14. The Bertz CT molecular complexity index is 524. The molecule has 1 fully saturated rings. The monoisotopic (exact) mass is 327 g/mol. The minimum atomic E-state index is -0.651. The Balaban J connectivity index is 1.82. The topological polar surface area (TPSA) is 27.3 Å². The fraction of sp³-hybridized carbons (Fsp3) is 0.562. The van der Waals surface area contributed by atoms with Crippen LogP contribution in [0.3, 0.4) is 0 Å². The normalized spacial score (nSPS) is 20.5. The van der Waals surface area contributed by atoms with Gasteiger partial charge in [-0.3, -0.25) is 4.90 Å². The number of anilines is 1. The molecule has 0 saturated carbocycles. The van der Waals surface area contributed by atoms with E-state index in [1.165, 1.54) is 31.4 Å². The van der Waals surface area contributed by atoms with Crippen LogP contribution in [0.2, 0.25) is 0 Å². The highest BCUT2D eigenvalue weighted by Gasteiger charge is 2.22. The summed E-state index contributed by atoms with van der Waals surface area (Å²) in [5.41, 5.74) is 0.179. The average Bonchev–Trinajstić information content (AvgIpc) is 2.48. The van der Waals surface area contributed by atoms with E-state index in [4.69, 9.17) is 12.2 Å². The van der Waals surface area contributed by atoms with Gasteiger partial charge in [0.15, 0.2) is 5.11 Å². The van der Waals surface area contributed by atoms with Crippen molar-refractivity contribution in [3.8, 4) is 0 Å². The van der Waals surface area contributed by atoms with Crippen molar-refractivity contribution in [3.63, 3.8) is 0 Å². The number of halogens is 2. The van der Waals surface area contributed by atoms with Gasteiger partial charge in [0.25, 0.3) is 0 Å². The van der Waals surface area contributed by atoms with Crippen LogP contribution in [0, 0.1) is 11.6 Å². The second kappa shape index (κ2) is 7.83. The molecule has 3 nitrogen and oxygen atoms in total. The fourth-order valence-corrected chi connectivity index (χ4v) is 3.08. The number of hydrogen-bond donors (Lipinski definition) is 2. The van der Waals surface area contributed by atoms with Gasteiger partial charge in [-0.05, 0) is 57.6 Å². The number of thiocarbonyl (C=S) groups is 1. The van der Waals surface area contributed by atoms with Gasteiger partial charge in [-0.2, -0.15) is 0 Å². The number of piperidine rings is 1. The van der Waals surface area contributed by atoms with Gasteiger partial charge < -0.3 is 10.6 Å². The van der Waals surface area contributed by atoms with E-state index >= 15 is 0 Å². The number of hydrogen-bond acceptors (Lipinski definition) is 2. The summed E-state index contributed by atoms with van der Waals surface area (Å²) in [6.07, 6.45) is 3.76. The first-order valence-electron chi connectivity index (χ1n) is 7.73. The van der Waals surface area contributed by atoms with E-state index in [9.17, 15) is 8.78 Å². The van der Waals surface area contributed by atoms with Gasteiger partial charge in [0.1, 0.15) is 11.6 Å². The molecule has 122 valence electrons. The molecule has 0 bridgehead atoms. The van der Waals surface area contributed by atoms with Crippen LogP contribution in [0.25, 0.3) is 0 Å². The van der Waals surface area contributed by atoms with E-state index in [1.807, 2.05) is 0 Å². The van der Waals surface area contributed by atoms with Crippen molar-refractivity contribution in [2.45, 2.75) is 45.2 Å². The van der Waals surface area contributed by atoms with Crippen LogP contribution in [-0.2, 0) is 0 Å². The highest BCUT2D eigenvalue weighted by Crippen LogP contribution is 2.19. The molecule has 0 amide bonds. The maximum Gasteiger partial charge on any atom is 0.170 e. The summed E-state index contributed by atoms with van der Waals surface area (Å²) < 4.78 is 26.4. The van der Waals surface area contributed by atoms with Crippen molar-refractivity contribution in [1.82, 2.24) is 10.2 Å². The van der Waals surface area contributed by atoms with Crippen LogP contribution in [0.5, 0.6) is 0 Å². The van der Waals surface area contributed by atoms with Crippen molar-refractivity contribution in [2.75, 3.05) is 18.4 Å². The van der Waals surface area contributed by atoms with Crippen LogP contribution in [0.1, 0.15) is 33.1 Å². The van der Waals surface area contributed by atoms with E-state index in [2.05, 4.69) is 29.4 Å². The van der Waals surface area contributed by atoms with Crippen LogP contribution in [-0.4, -0.2) is 35.2 Å². The SMILES string of the molecule is C[C@H](CNC(=S)Nc1ccc(F)cc1F)N1CCCC[C@@H]1C. The summed E-state index contributed by atoms with van der Waals surface area (Å²) in [6, 6.07) is 4.32. The molecule has 0 spiro atoms. The summed E-state index contributed by atoms with van der Waals surface area (Å²) in [5, 5.41) is 6.22. The molecule has 0 unspecified atom stereocenters. The zero-order valence-electron chi connectivity index (χ0n) is 13.0. The highest BCUT2D eigenvalue weighted by molar-refractivity contribution is 7.80. The Hall–Kier alpha value is -1.27.